The quantitative estimate of drug-likeness (QED) is 0.394. The minimum atomic E-state index is -3.16. The summed E-state index contributed by atoms with van der Waals surface area (Å²) in [6.45, 7) is 1.48. The fourth-order valence-corrected chi connectivity index (χ4v) is 3.83. The molecule has 0 spiro atoms. The summed E-state index contributed by atoms with van der Waals surface area (Å²) in [7, 11) is -2.06. The van der Waals surface area contributed by atoms with Gasteiger partial charge in [-0.05, 0) is 13.0 Å². The van der Waals surface area contributed by atoms with Crippen LogP contribution in [0.4, 0.5) is 5.69 Å². The fourth-order valence-electron chi connectivity index (χ4n) is 2.63. The summed E-state index contributed by atoms with van der Waals surface area (Å²) in [5, 5.41) is 13.5. The van der Waals surface area contributed by atoms with Crippen molar-refractivity contribution in [3.8, 4) is 0 Å². The molecule has 0 bridgehead atoms. The monoisotopic (exact) mass is 413 g/mol. The third-order valence-electron chi connectivity index (χ3n) is 4.19. The second kappa shape index (κ2) is 8.33. The molecule has 2 amide bonds. The lowest BCUT2D eigenvalue weighted by molar-refractivity contribution is -0.384. The number of esters is 1. The van der Waals surface area contributed by atoms with Crippen molar-refractivity contribution < 1.29 is 32.5 Å². The Labute approximate surface area is 160 Å². The Balaban J connectivity index is 2.15. The molecule has 1 N–H and O–H groups in total. The van der Waals surface area contributed by atoms with E-state index in [2.05, 4.69) is 10.1 Å². The normalized spacial score (nSPS) is 16.7. The first-order chi connectivity index (χ1) is 13.0. The summed E-state index contributed by atoms with van der Waals surface area (Å²) in [5.41, 5.74) is -0.842. The first kappa shape index (κ1) is 21.3. The number of carbonyl (C=O) groups excluding carboxylic acids is 3. The number of methoxy groups -OCH3 is 1. The molecule has 1 aliphatic rings. The van der Waals surface area contributed by atoms with E-state index in [1.807, 2.05) is 0 Å². The number of nitrogens with zero attached hydrogens (tertiary/aromatic N) is 2. The molecule has 28 heavy (non-hydrogen) atoms. The van der Waals surface area contributed by atoms with Gasteiger partial charge in [-0.2, -0.15) is 0 Å². The van der Waals surface area contributed by atoms with Crippen LogP contribution >= 0.6 is 0 Å². The molecule has 1 unspecified atom stereocenters. The van der Waals surface area contributed by atoms with E-state index in [1.54, 1.807) is 0 Å². The zero-order valence-electron chi connectivity index (χ0n) is 15.2. The van der Waals surface area contributed by atoms with Gasteiger partial charge in [0.25, 0.3) is 11.6 Å². The third kappa shape index (κ3) is 5.03. The van der Waals surface area contributed by atoms with Gasteiger partial charge in [-0.3, -0.25) is 19.7 Å². The zero-order chi connectivity index (χ0) is 21.1. The summed E-state index contributed by atoms with van der Waals surface area (Å²) in [6.07, 6.45) is 0. The molecule has 0 aromatic heterocycles. The summed E-state index contributed by atoms with van der Waals surface area (Å²) < 4.78 is 27.4. The van der Waals surface area contributed by atoms with E-state index in [0.717, 1.165) is 25.3 Å². The molecule has 0 aliphatic carbocycles. The number of nitrogens with one attached hydrogen (secondary N) is 1. The van der Waals surface area contributed by atoms with Crippen LogP contribution in [0.5, 0.6) is 0 Å². The van der Waals surface area contributed by atoms with Crippen LogP contribution in [0.15, 0.2) is 18.2 Å². The fraction of sp³-hybridized carbons (Fsp3) is 0.438. The number of rotatable bonds is 5. The number of ether oxygens (including phenoxy) is 1. The van der Waals surface area contributed by atoms with E-state index in [1.165, 1.54) is 11.8 Å². The zero-order valence-corrected chi connectivity index (χ0v) is 16.0. The Morgan fingerprint density at radius 3 is 2.29 bits per heavy atom. The van der Waals surface area contributed by atoms with E-state index >= 15 is 0 Å². The lowest BCUT2D eigenvalue weighted by Gasteiger charge is -2.29. The number of hydrogen-bond acceptors (Lipinski definition) is 8. The maximum absolute atomic E-state index is 12.4. The van der Waals surface area contributed by atoms with E-state index in [0.29, 0.717) is 0 Å². The van der Waals surface area contributed by atoms with Gasteiger partial charge in [-0.15, -0.1) is 0 Å². The molecule has 11 nitrogen and oxygen atoms in total. The van der Waals surface area contributed by atoms with Gasteiger partial charge in [0.2, 0.25) is 5.91 Å². The molecular formula is C16H19N3O8S. The molecule has 0 saturated carbocycles. The van der Waals surface area contributed by atoms with Crippen LogP contribution in [0, 0.1) is 10.1 Å². The van der Waals surface area contributed by atoms with Crippen LogP contribution in [0.1, 0.15) is 27.6 Å². The largest absolute Gasteiger partial charge is 0.465 e. The van der Waals surface area contributed by atoms with Gasteiger partial charge in [0.1, 0.15) is 6.04 Å². The first-order valence-corrected chi connectivity index (χ1v) is 10.0. The SMILES string of the molecule is COC(=O)c1cc(C(=O)NC(C)C(=O)N2CCS(=O)(=O)CC2)cc([N+](=O)[O-])c1. The number of amides is 2. The minimum Gasteiger partial charge on any atom is -0.465 e. The van der Waals surface area contributed by atoms with Gasteiger partial charge in [-0.1, -0.05) is 0 Å². The van der Waals surface area contributed by atoms with Crippen molar-refractivity contribution in [1.82, 2.24) is 10.2 Å². The van der Waals surface area contributed by atoms with Gasteiger partial charge in [-0.25, -0.2) is 13.2 Å². The highest BCUT2D eigenvalue weighted by atomic mass is 32.2. The lowest BCUT2D eigenvalue weighted by atomic mass is 10.1. The molecular weight excluding hydrogens is 394 g/mol. The number of carbonyl (C=O) groups is 3. The molecule has 1 aromatic rings. The summed E-state index contributed by atoms with van der Waals surface area (Å²) >= 11 is 0. The average molecular weight is 413 g/mol. The smallest absolute Gasteiger partial charge is 0.338 e. The van der Waals surface area contributed by atoms with Crippen molar-refractivity contribution in [1.29, 1.82) is 0 Å². The molecule has 2 rings (SSSR count). The molecule has 12 heteroatoms. The van der Waals surface area contributed by atoms with Crippen LogP contribution < -0.4 is 5.32 Å². The van der Waals surface area contributed by atoms with Gasteiger partial charge in [0, 0.05) is 30.8 Å². The summed E-state index contributed by atoms with van der Waals surface area (Å²) in [5.74, 6) is -2.41. The predicted molar refractivity (Wildman–Crippen MR) is 96.6 cm³/mol. The second-order valence-electron chi connectivity index (χ2n) is 6.19. The minimum absolute atomic E-state index is 0.0324. The van der Waals surface area contributed by atoms with Crippen molar-refractivity contribution in [3.63, 3.8) is 0 Å². The van der Waals surface area contributed by atoms with Crippen LogP contribution in [-0.4, -0.2) is 73.8 Å². The Kier molecular flexibility index (Phi) is 6.33. The number of hydrogen-bond donors (Lipinski definition) is 1. The number of nitro groups is 1. The van der Waals surface area contributed by atoms with Crippen LogP contribution in [-0.2, 0) is 19.4 Å². The predicted octanol–water partition coefficient (Wildman–Crippen LogP) is -0.243. The number of non-ortho nitro benzene ring substituents is 1. The van der Waals surface area contributed by atoms with Crippen LogP contribution in [0.3, 0.4) is 0 Å². The lowest BCUT2D eigenvalue weighted by Crippen LogP contribution is -2.51. The molecule has 1 saturated heterocycles. The van der Waals surface area contributed by atoms with Crippen molar-refractivity contribution in [2.24, 2.45) is 0 Å². The molecule has 1 aliphatic heterocycles. The molecule has 1 heterocycles. The maximum Gasteiger partial charge on any atom is 0.338 e. The highest BCUT2D eigenvalue weighted by molar-refractivity contribution is 7.91. The molecule has 152 valence electrons. The van der Waals surface area contributed by atoms with Gasteiger partial charge < -0.3 is 15.0 Å². The topological polar surface area (TPSA) is 153 Å². The summed E-state index contributed by atoms with van der Waals surface area (Å²) in [6, 6.07) is 2.09. The molecule has 1 aromatic carbocycles. The van der Waals surface area contributed by atoms with Gasteiger partial charge in [0.05, 0.1) is 29.1 Å². The van der Waals surface area contributed by atoms with Crippen molar-refractivity contribution in [2.45, 2.75) is 13.0 Å². The van der Waals surface area contributed by atoms with Gasteiger partial charge >= 0.3 is 5.97 Å². The van der Waals surface area contributed by atoms with Gasteiger partial charge in [0.15, 0.2) is 9.84 Å². The number of benzene rings is 1. The van der Waals surface area contributed by atoms with Crippen LogP contribution in [0.2, 0.25) is 0 Å². The van der Waals surface area contributed by atoms with Crippen LogP contribution in [0.25, 0.3) is 0 Å². The maximum atomic E-state index is 12.4. The highest BCUT2D eigenvalue weighted by Crippen LogP contribution is 2.18. The molecule has 1 fully saturated rings. The Bertz CT molecular complexity index is 914. The van der Waals surface area contributed by atoms with E-state index < -0.39 is 44.3 Å². The number of sulfone groups is 1. The standard InChI is InChI=1S/C16H19N3O8S/c1-10(15(21)18-3-5-28(25,26)6-4-18)17-14(20)11-7-12(16(22)27-2)9-13(8-11)19(23)24/h7-10H,3-6H2,1-2H3,(H,17,20). The Morgan fingerprint density at radius 2 is 1.75 bits per heavy atom. The Hall–Kier alpha value is -3.02. The summed E-state index contributed by atoms with van der Waals surface area (Å²) in [4.78, 5) is 48.1. The van der Waals surface area contributed by atoms with E-state index in [4.69, 9.17) is 0 Å². The first-order valence-electron chi connectivity index (χ1n) is 8.22. The van der Waals surface area contributed by atoms with Crippen molar-refractivity contribution in [2.75, 3.05) is 31.7 Å². The van der Waals surface area contributed by atoms with E-state index in [9.17, 15) is 32.9 Å². The Morgan fingerprint density at radius 1 is 1.18 bits per heavy atom. The molecule has 0 radical (unpaired) electrons. The average Bonchev–Trinajstić information content (AvgIpc) is 2.66. The number of nitro benzene ring substituents is 1. The molecule has 1 atom stereocenters. The van der Waals surface area contributed by atoms with Crippen molar-refractivity contribution in [3.05, 3.63) is 39.4 Å². The highest BCUT2D eigenvalue weighted by Gasteiger charge is 2.29. The van der Waals surface area contributed by atoms with Crippen molar-refractivity contribution >= 4 is 33.3 Å². The second-order valence-corrected chi connectivity index (χ2v) is 8.49. The van der Waals surface area contributed by atoms with E-state index in [-0.39, 0.29) is 35.7 Å². The third-order valence-corrected chi connectivity index (χ3v) is 5.80.